The van der Waals surface area contributed by atoms with Crippen LogP contribution in [0, 0.1) is 11.8 Å². The minimum Gasteiger partial charge on any atom is -0.392 e. The Kier molecular flexibility index (Phi) is 7.73. The predicted molar refractivity (Wildman–Crippen MR) is 90.7 cm³/mol. The van der Waals surface area contributed by atoms with Gasteiger partial charge in [-0.3, -0.25) is 0 Å². The fourth-order valence-electron chi connectivity index (χ4n) is 2.24. The van der Waals surface area contributed by atoms with E-state index in [1.807, 2.05) is 12.1 Å². The zero-order chi connectivity index (χ0) is 15.8. The molecule has 0 bridgehead atoms. The monoisotopic (exact) mass is 292 g/mol. The molecule has 0 aliphatic carbocycles. The summed E-state index contributed by atoms with van der Waals surface area (Å²) >= 11 is 0. The molecular formula is C18H32N2O. The van der Waals surface area contributed by atoms with Crippen LogP contribution in [0.2, 0.25) is 0 Å². The van der Waals surface area contributed by atoms with E-state index in [-0.39, 0.29) is 6.61 Å². The van der Waals surface area contributed by atoms with E-state index >= 15 is 0 Å². The van der Waals surface area contributed by atoms with Crippen molar-refractivity contribution in [3.8, 4) is 0 Å². The first-order valence-electron chi connectivity index (χ1n) is 8.31. The van der Waals surface area contributed by atoms with Crippen LogP contribution in [0.5, 0.6) is 0 Å². The summed E-state index contributed by atoms with van der Waals surface area (Å²) in [7, 11) is 0. The number of anilines is 1. The van der Waals surface area contributed by atoms with Crippen molar-refractivity contribution in [1.29, 1.82) is 0 Å². The molecule has 120 valence electrons. The van der Waals surface area contributed by atoms with Gasteiger partial charge in [-0.2, -0.15) is 0 Å². The van der Waals surface area contributed by atoms with Crippen LogP contribution < -0.4 is 4.90 Å². The van der Waals surface area contributed by atoms with E-state index in [1.165, 1.54) is 12.8 Å². The Morgan fingerprint density at radius 3 is 2.05 bits per heavy atom. The molecule has 0 aliphatic rings. The third-order valence-electron chi connectivity index (χ3n) is 3.75. The number of aliphatic hydroxyl groups is 1. The van der Waals surface area contributed by atoms with Gasteiger partial charge in [-0.05, 0) is 48.8 Å². The lowest BCUT2D eigenvalue weighted by molar-refractivity contribution is 0.281. The minimum atomic E-state index is 0.0880. The second-order valence-electron chi connectivity index (χ2n) is 6.69. The van der Waals surface area contributed by atoms with Gasteiger partial charge in [-0.25, -0.2) is 4.98 Å². The maximum absolute atomic E-state index is 9.45. The van der Waals surface area contributed by atoms with Gasteiger partial charge in [0.1, 0.15) is 5.82 Å². The first-order chi connectivity index (χ1) is 9.96. The van der Waals surface area contributed by atoms with Crippen LogP contribution >= 0.6 is 0 Å². The van der Waals surface area contributed by atoms with Gasteiger partial charge in [0.25, 0.3) is 0 Å². The quantitative estimate of drug-likeness (QED) is 0.746. The molecule has 1 aromatic rings. The predicted octanol–water partition coefficient (Wildman–Crippen LogP) is 4.03. The lowest BCUT2D eigenvalue weighted by atomic mass is 10.1. The number of hydrogen-bond donors (Lipinski definition) is 1. The van der Waals surface area contributed by atoms with Crippen LogP contribution in [0.3, 0.4) is 0 Å². The van der Waals surface area contributed by atoms with Gasteiger partial charge in [0, 0.05) is 18.8 Å². The van der Waals surface area contributed by atoms with Gasteiger partial charge in [0.2, 0.25) is 0 Å². The van der Waals surface area contributed by atoms with Crippen LogP contribution in [0.4, 0.5) is 5.82 Å². The molecule has 0 amide bonds. The Balaban J connectivity index is 2.93. The van der Waals surface area contributed by atoms with Crippen LogP contribution in [0.15, 0.2) is 12.1 Å². The second kappa shape index (κ2) is 9.04. The molecule has 1 aromatic heterocycles. The number of nitrogens with zero attached hydrogens (tertiary/aromatic N) is 2. The maximum atomic E-state index is 9.45. The number of aryl methyl sites for hydroxylation is 1. The zero-order valence-electron chi connectivity index (χ0n) is 14.4. The lowest BCUT2D eigenvalue weighted by Crippen LogP contribution is -2.28. The Hall–Kier alpha value is -1.09. The third kappa shape index (κ3) is 6.47. The van der Waals surface area contributed by atoms with Gasteiger partial charge in [-0.1, -0.05) is 34.6 Å². The fourth-order valence-corrected chi connectivity index (χ4v) is 2.24. The van der Waals surface area contributed by atoms with Crippen LogP contribution in [0.25, 0.3) is 0 Å². The molecular weight excluding hydrogens is 260 g/mol. The van der Waals surface area contributed by atoms with Crippen LogP contribution in [-0.2, 0) is 13.0 Å². The van der Waals surface area contributed by atoms with E-state index in [4.69, 9.17) is 4.98 Å². The molecule has 21 heavy (non-hydrogen) atoms. The first kappa shape index (κ1) is 18.0. The van der Waals surface area contributed by atoms with Crippen molar-refractivity contribution in [3.05, 3.63) is 23.4 Å². The molecule has 0 fully saturated rings. The third-order valence-corrected chi connectivity index (χ3v) is 3.75. The van der Waals surface area contributed by atoms with Gasteiger partial charge < -0.3 is 10.0 Å². The van der Waals surface area contributed by atoms with E-state index in [0.717, 1.165) is 36.6 Å². The first-order valence-corrected chi connectivity index (χ1v) is 8.31. The van der Waals surface area contributed by atoms with Gasteiger partial charge >= 0.3 is 0 Å². The smallest absolute Gasteiger partial charge is 0.129 e. The van der Waals surface area contributed by atoms with E-state index in [2.05, 4.69) is 39.5 Å². The van der Waals surface area contributed by atoms with Gasteiger partial charge in [-0.15, -0.1) is 0 Å². The molecule has 0 radical (unpaired) electrons. The van der Waals surface area contributed by atoms with Crippen LogP contribution in [0.1, 0.15) is 58.7 Å². The average Bonchev–Trinajstić information content (AvgIpc) is 2.46. The number of rotatable bonds is 9. The molecule has 0 aromatic carbocycles. The highest BCUT2D eigenvalue weighted by Gasteiger charge is 2.12. The normalized spacial score (nSPS) is 11.4. The number of aliphatic hydroxyl groups excluding tert-OH is 1. The molecule has 3 heteroatoms. The molecule has 0 spiro atoms. The van der Waals surface area contributed by atoms with E-state index in [9.17, 15) is 5.11 Å². The summed E-state index contributed by atoms with van der Waals surface area (Å²) in [5.41, 5.74) is 2.03. The fraction of sp³-hybridized carbons (Fsp3) is 0.722. The molecule has 3 nitrogen and oxygen atoms in total. The summed E-state index contributed by atoms with van der Waals surface area (Å²) in [6.07, 6.45) is 3.25. The standard InChI is InChI=1S/C18H32N2O/c1-6-17-11-16(13-21)12-18(19-17)20(9-7-14(2)3)10-8-15(4)5/h11-12,14-15,21H,6-10,13H2,1-5H3. The highest BCUT2D eigenvalue weighted by Crippen LogP contribution is 2.19. The van der Waals surface area contributed by atoms with Crippen molar-refractivity contribution in [3.63, 3.8) is 0 Å². The summed E-state index contributed by atoms with van der Waals surface area (Å²) in [5.74, 6) is 2.41. The van der Waals surface area contributed by atoms with Crippen molar-refractivity contribution in [1.82, 2.24) is 4.98 Å². The van der Waals surface area contributed by atoms with Crippen molar-refractivity contribution in [2.24, 2.45) is 11.8 Å². The molecule has 0 atom stereocenters. The summed E-state index contributed by atoms with van der Waals surface area (Å²) < 4.78 is 0. The van der Waals surface area contributed by atoms with E-state index in [1.54, 1.807) is 0 Å². The highest BCUT2D eigenvalue weighted by molar-refractivity contribution is 5.42. The Bertz CT molecular complexity index is 381. The molecule has 0 saturated heterocycles. The van der Waals surface area contributed by atoms with Crippen molar-refractivity contribution >= 4 is 5.82 Å². The topological polar surface area (TPSA) is 36.4 Å². The number of pyridine rings is 1. The van der Waals surface area contributed by atoms with Gasteiger partial charge in [0.05, 0.1) is 6.61 Å². The summed E-state index contributed by atoms with van der Waals surface area (Å²) in [5, 5.41) is 9.45. The van der Waals surface area contributed by atoms with E-state index in [0.29, 0.717) is 11.8 Å². The van der Waals surface area contributed by atoms with Crippen molar-refractivity contribution in [2.45, 2.75) is 60.5 Å². The zero-order valence-corrected chi connectivity index (χ0v) is 14.4. The molecule has 1 N–H and O–H groups in total. The van der Waals surface area contributed by atoms with Crippen molar-refractivity contribution < 1.29 is 5.11 Å². The van der Waals surface area contributed by atoms with Gasteiger partial charge in [0.15, 0.2) is 0 Å². The number of aromatic nitrogens is 1. The Morgan fingerprint density at radius 2 is 1.62 bits per heavy atom. The second-order valence-corrected chi connectivity index (χ2v) is 6.69. The summed E-state index contributed by atoms with van der Waals surface area (Å²) in [4.78, 5) is 7.16. The van der Waals surface area contributed by atoms with Crippen molar-refractivity contribution in [2.75, 3.05) is 18.0 Å². The number of hydrogen-bond acceptors (Lipinski definition) is 3. The summed E-state index contributed by atoms with van der Waals surface area (Å²) in [6, 6.07) is 4.05. The molecule has 0 saturated carbocycles. The van der Waals surface area contributed by atoms with Crippen LogP contribution in [-0.4, -0.2) is 23.2 Å². The minimum absolute atomic E-state index is 0.0880. The molecule has 1 heterocycles. The Labute approximate surface area is 130 Å². The molecule has 0 unspecified atom stereocenters. The largest absolute Gasteiger partial charge is 0.392 e. The maximum Gasteiger partial charge on any atom is 0.129 e. The average molecular weight is 292 g/mol. The molecule has 1 rings (SSSR count). The Morgan fingerprint density at radius 1 is 1.05 bits per heavy atom. The lowest BCUT2D eigenvalue weighted by Gasteiger charge is -2.26. The van der Waals surface area contributed by atoms with E-state index < -0.39 is 0 Å². The SMILES string of the molecule is CCc1cc(CO)cc(N(CCC(C)C)CCC(C)C)n1. The summed E-state index contributed by atoms with van der Waals surface area (Å²) in [6.45, 7) is 13.3. The highest BCUT2D eigenvalue weighted by atomic mass is 16.3. The molecule has 0 aliphatic heterocycles.